The van der Waals surface area contributed by atoms with E-state index in [4.69, 9.17) is 5.73 Å². The minimum absolute atomic E-state index is 0.00792. The van der Waals surface area contributed by atoms with Crippen molar-refractivity contribution in [3.8, 4) is 0 Å². The third-order valence-electron chi connectivity index (χ3n) is 2.63. The van der Waals surface area contributed by atoms with Crippen molar-refractivity contribution >= 4 is 6.03 Å². The van der Waals surface area contributed by atoms with Crippen LogP contribution in [0.2, 0.25) is 0 Å². The first-order valence-corrected chi connectivity index (χ1v) is 5.50. The third-order valence-corrected chi connectivity index (χ3v) is 2.63. The Hall–Kier alpha value is -0.810. The molecule has 1 aliphatic heterocycles. The standard InChI is InChI=1S/C10H22N4O/c1-8(2)12-10(15)14-5-4-13(3)7-9(14)6-11/h8-9H,4-7,11H2,1-3H3,(H,12,15). The zero-order valence-electron chi connectivity index (χ0n) is 9.86. The highest BCUT2D eigenvalue weighted by molar-refractivity contribution is 5.75. The summed E-state index contributed by atoms with van der Waals surface area (Å²) in [5, 5.41) is 2.90. The fourth-order valence-electron chi connectivity index (χ4n) is 1.81. The molecule has 0 aliphatic carbocycles. The number of amides is 2. The average molecular weight is 214 g/mol. The zero-order chi connectivity index (χ0) is 11.4. The lowest BCUT2D eigenvalue weighted by Crippen LogP contribution is -2.59. The van der Waals surface area contributed by atoms with E-state index in [1.54, 1.807) is 0 Å². The maximum Gasteiger partial charge on any atom is 0.317 e. The van der Waals surface area contributed by atoms with E-state index in [1.807, 2.05) is 18.7 Å². The van der Waals surface area contributed by atoms with Gasteiger partial charge in [0.15, 0.2) is 0 Å². The number of nitrogens with two attached hydrogens (primary N) is 1. The van der Waals surface area contributed by atoms with Gasteiger partial charge in [0.1, 0.15) is 0 Å². The maximum atomic E-state index is 11.8. The lowest BCUT2D eigenvalue weighted by atomic mass is 10.2. The first-order chi connectivity index (χ1) is 7.04. The maximum absolute atomic E-state index is 11.8. The summed E-state index contributed by atoms with van der Waals surface area (Å²) in [7, 11) is 2.06. The molecule has 0 radical (unpaired) electrons. The minimum Gasteiger partial charge on any atom is -0.336 e. The van der Waals surface area contributed by atoms with Crippen LogP contribution < -0.4 is 11.1 Å². The molecule has 0 bridgehead atoms. The van der Waals surface area contributed by atoms with Gasteiger partial charge in [-0.2, -0.15) is 0 Å². The predicted octanol–water partition coefficient (Wildman–Crippen LogP) is -0.321. The van der Waals surface area contributed by atoms with Gasteiger partial charge < -0.3 is 20.9 Å². The molecule has 2 amide bonds. The molecule has 1 heterocycles. The van der Waals surface area contributed by atoms with Gasteiger partial charge in [-0.25, -0.2) is 4.79 Å². The number of likely N-dealkylation sites (N-methyl/N-ethyl adjacent to an activating group) is 1. The van der Waals surface area contributed by atoms with E-state index in [9.17, 15) is 4.79 Å². The molecule has 1 saturated heterocycles. The lowest BCUT2D eigenvalue weighted by Gasteiger charge is -2.39. The summed E-state index contributed by atoms with van der Waals surface area (Å²) in [5.41, 5.74) is 5.68. The Balaban J connectivity index is 2.55. The topological polar surface area (TPSA) is 61.6 Å². The van der Waals surface area contributed by atoms with Crippen molar-refractivity contribution < 1.29 is 4.79 Å². The van der Waals surface area contributed by atoms with Crippen LogP contribution in [0.1, 0.15) is 13.8 Å². The molecule has 3 N–H and O–H groups in total. The summed E-state index contributed by atoms with van der Waals surface area (Å²) >= 11 is 0. The van der Waals surface area contributed by atoms with E-state index in [1.165, 1.54) is 0 Å². The first-order valence-electron chi connectivity index (χ1n) is 5.50. The molecular formula is C10H22N4O. The van der Waals surface area contributed by atoms with E-state index in [-0.39, 0.29) is 18.1 Å². The van der Waals surface area contributed by atoms with Crippen molar-refractivity contribution in [1.29, 1.82) is 0 Å². The van der Waals surface area contributed by atoms with Crippen molar-refractivity contribution in [2.45, 2.75) is 25.9 Å². The van der Waals surface area contributed by atoms with Gasteiger partial charge in [0.25, 0.3) is 0 Å². The Morgan fingerprint density at radius 3 is 2.73 bits per heavy atom. The zero-order valence-corrected chi connectivity index (χ0v) is 9.86. The van der Waals surface area contributed by atoms with Crippen molar-refractivity contribution in [2.75, 3.05) is 33.2 Å². The third kappa shape index (κ3) is 3.35. The van der Waals surface area contributed by atoms with E-state index in [2.05, 4.69) is 17.3 Å². The second-order valence-electron chi connectivity index (χ2n) is 4.45. The van der Waals surface area contributed by atoms with Crippen molar-refractivity contribution in [3.05, 3.63) is 0 Å². The van der Waals surface area contributed by atoms with Gasteiger partial charge in [0.05, 0.1) is 6.04 Å². The van der Waals surface area contributed by atoms with E-state index in [0.717, 1.165) is 19.6 Å². The molecule has 0 aromatic heterocycles. The number of rotatable bonds is 2. The summed E-state index contributed by atoms with van der Waals surface area (Å²) in [4.78, 5) is 15.9. The van der Waals surface area contributed by atoms with Crippen LogP contribution in [0, 0.1) is 0 Å². The number of hydrogen-bond acceptors (Lipinski definition) is 3. The van der Waals surface area contributed by atoms with E-state index >= 15 is 0 Å². The summed E-state index contributed by atoms with van der Waals surface area (Å²) in [6, 6.07) is 0.326. The Labute approximate surface area is 91.6 Å². The molecule has 1 rings (SSSR count). The van der Waals surface area contributed by atoms with Crippen LogP contribution in [-0.4, -0.2) is 61.1 Å². The Kier molecular flexibility index (Phi) is 4.35. The van der Waals surface area contributed by atoms with Crippen LogP contribution in [0.5, 0.6) is 0 Å². The van der Waals surface area contributed by atoms with Gasteiger partial charge in [0.2, 0.25) is 0 Å². The van der Waals surface area contributed by atoms with Crippen molar-refractivity contribution in [1.82, 2.24) is 15.1 Å². The van der Waals surface area contributed by atoms with Gasteiger partial charge in [0, 0.05) is 32.2 Å². The monoisotopic (exact) mass is 214 g/mol. The quantitative estimate of drug-likeness (QED) is 0.662. The SMILES string of the molecule is CC(C)NC(=O)N1CCN(C)CC1CN. The number of piperazine rings is 1. The molecule has 0 aromatic rings. The highest BCUT2D eigenvalue weighted by atomic mass is 16.2. The molecule has 0 spiro atoms. The highest BCUT2D eigenvalue weighted by Crippen LogP contribution is 2.07. The van der Waals surface area contributed by atoms with Crippen molar-refractivity contribution in [2.24, 2.45) is 5.73 Å². The summed E-state index contributed by atoms with van der Waals surface area (Å²) < 4.78 is 0. The molecule has 1 atom stereocenters. The van der Waals surface area contributed by atoms with Crippen LogP contribution >= 0.6 is 0 Å². The Bertz CT molecular complexity index is 219. The Morgan fingerprint density at radius 1 is 1.53 bits per heavy atom. The van der Waals surface area contributed by atoms with Gasteiger partial charge >= 0.3 is 6.03 Å². The number of hydrogen-bond donors (Lipinski definition) is 2. The Morgan fingerprint density at radius 2 is 2.20 bits per heavy atom. The molecular weight excluding hydrogens is 192 g/mol. The van der Waals surface area contributed by atoms with Gasteiger partial charge in [-0.1, -0.05) is 0 Å². The van der Waals surface area contributed by atoms with Gasteiger partial charge in [-0.15, -0.1) is 0 Å². The lowest BCUT2D eigenvalue weighted by molar-refractivity contribution is 0.111. The molecule has 0 saturated carbocycles. The summed E-state index contributed by atoms with van der Waals surface area (Å²) in [6.07, 6.45) is 0. The normalized spacial score (nSPS) is 23.3. The van der Waals surface area contributed by atoms with Gasteiger partial charge in [-0.05, 0) is 20.9 Å². The molecule has 0 aromatic carbocycles. The van der Waals surface area contributed by atoms with Crippen LogP contribution in [0.4, 0.5) is 4.79 Å². The average Bonchev–Trinajstić information content (AvgIpc) is 2.16. The summed E-state index contributed by atoms with van der Waals surface area (Å²) in [5.74, 6) is 0. The van der Waals surface area contributed by atoms with E-state index in [0.29, 0.717) is 6.54 Å². The summed E-state index contributed by atoms with van der Waals surface area (Å²) in [6.45, 7) is 6.99. The number of urea groups is 1. The number of carbonyl (C=O) groups is 1. The molecule has 5 nitrogen and oxygen atoms in total. The van der Waals surface area contributed by atoms with E-state index < -0.39 is 0 Å². The van der Waals surface area contributed by atoms with Crippen LogP contribution in [0.3, 0.4) is 0 Å². The van der Waals surface area contributed by atoms with Crippen LogP contribution in [-0.2, 0) is 0 Å². The van der Waals surface area contributed by atoms with Crippen LogP contribution in [0.15, 0.2) is 0 Å². The van der Waals surface area contributed by atoms with Gasteiger partial charge in [-0.3, -0.25) is 0 Å². The highest BCUT2D eigenvalue weighted by Gasteiger charge is 2.27. The minimum atomic E-state index is 0.00792. The number of nitrogens with zero attached hydrogens (tertiary/aromatic N) is 2. The predicted molar refractivity (Wildman–Crippen MR) is 60.7 cm³/mol. The fourth-order valence-corrected chi connectivity index (χ4v) is 1.81. The van der Waals surface area contributed by atoms with Crippen molar-refractivity contribution in [3.63, 3.8) is 0 Å². The number of carbonyl (C=O) groups excluding carboxylic acids is 1. The number of nitrogens with one attached hydrogen (secondary N) is 1. The largest absolute Gasteiger partial charge is 0.336 e. The molecule has 1 aliphatic rings. The molecule has 88 valence electrons. The second kappa shape index (κ2) is 5.32. The fraction of sp³-hybridized carbons (Fsp3) is 0.900. The molecule has 1 fully saturated rings. The van der Waals surface area contributed by atoms with Crippen LogP contribution in [0.25, 0.3) is 0 Å². The molecule has 5 heteroatoms. The smallest absolute Gasteiger partial charge is 0.317 e. The molecule has 15 heavy (non-hydrogen) atoms. The molecule has 1 unspecified atom stereocenters. The first kappa shape index (κ1) is 12.3. The second-order valence-corrected chi connectivity index (χ2v) is 4.45.